The Morgan fingerprint density at radius 3 is 3.17 bits per heavy atom. The number of hydrogen-bond donors (Lipinski definition) is 3. The van der Waals surface area contributed by atoms with Gasteiger partial charge < -0.3 is 16.4 Å². The fraction of sp³-hybridized carbons (Fsp3) is 0.667. The van der Waals surface area contributed by atoms with Crippen LogP contribution in [0.5, 0.6) is 0 Å². The second-order valence-electron chi connectivity index (χ2n) is 5.02. The van der Waals surface area contributed by atoms with Crippen molar-refractivity contribution in [2.45, 2.75) is 44.2 Å². The van der Waals surface area contributed by atoms with Gasteiger partial charge in [-0.2, -0.15) is 0 Å². The summed E-state index contributed by atoms with van der Waals surface area (Å²) < 4.78 is 0. The second-order valence-corrected chi connectivity index (χ2v) is 6.13. The van der Waals surface area contributed by atoms with Gasteiger partial charge in [-0.25, -0.2) is 4.98 Å². The average Bonchev–Trinajstić information content (AvgIpc) is 2.95. The zero-order valence-electron chi connectivity index (χ0n) is 10.2. The number of nitrogen functional groups attached to an aromatic ring is 1. The molecular weight excluding hydrogens is 248 g/mol. The molecule has 2 atom stereocenters. The van der Waals surface area contributed by atoms with Gasteiger partial charge in [0.1, 0.15) is 0 Å². The lowest BCUT2D eigenvalue weighted by atomic mass is 9.97. The Labute approximate surface area is 110 Å². The molecule has 1 aromatic rings. The van der Waals surface area contributed by atoms with Gasteiger partial charge in [0.25, 0.3) is 0 Å². The molecule has 0 saturated carbocycles. The van der Waals surface area contributed by atoms with Gasteiger partial charge in [0.15, 0.2) is 5.13 Å². The summed E-state index contributed by atoms with van der Waals surface area (Å²) >= 11 is 1.55. The number of fused-ring (bicyclic) bond motifs is 1. The number of thiazole rings is 1. The van der Waals surface area contributed by atoms with E-state index >= 15 is 0 Å². The first-order chi connectivity index (χ1) is 8.72. The smallest absolute Gasteiger partial charge is 0.237 e. The number of nitrogens with two attached hydrogens (primary N) is 1. The van der Waals surface area contributed by atoms with Gasteiger partial charge in [0.2, 0.25) is 5.91 Å². The molecule has 6 heteroatoms. The molecular formula is C12H18N4OS. The summed E-state index contributed by atoms with van der Waals surface area (Å²) in [6, 6.07) is 0.255. The van der Waals surface area contributed by atoms with Crippen molar-refractivity contribution in [3.05, 3.63) is 10.6 Å². The minimum atomic E-state index is 0.0120. The molecule has 0 bridgehead atoms. The van der Waals surface area contributed by atoms with Crippen LogP contribution in [-0.4, -0.2) is 29.5 Å². The van der Waals surface area contributed by atoms with Gasteiger partial charge in [-0.1, -0.05) is 0 Å². The van der Waals surface area contributed by atoms with Crippen LogP contribution in [-0.2, 0) is 17.6 Å². The maximum Gasteiger partial charge on any atom is 0.237 e. The Hall–Kier alpha value is -1.14. The summed E-state index contributed by atoms with van der Waals surface area (Å²) in [7, 11) is 0. The predicted molar refractivity (Wildman–Crippen MR) is 71.5 cm³/mol. The van der Waals surface area contributed by atoms with Crippen LogP contribution >= 0.6 is 11.3 Å². The highest BCUT2D eigenvalue weighted by atomic mass is 32.1. The second kappa shape index (κ2) is 4.85. The fourth-order valence-corrected chi connectivity index (χ4v) is 3.69. The van der Waals surface area contributed by atoms with E-state index in [1.807, 2.05) is 0 Å². The number of aryl methyl sites for hydroxylation is 1. The van der Waals surface area contributed by atoms with Crippen molar-refractivity contribution in [3.63, 3.8) is 0 Å². The molecule has 1 amide bonds. The van der Waals surface area contributed by atoms with Crippen LogP contribution in [0.15, 0.2) is 0 Å². The molecule has 1 aromatic heterocycles. The van der Waals surface area contributed by atoms with Crippen molar-refractivity contribution in [1.29, 1.82) is 0 Å². The van der Waals surface area contributed by atoms with E-state index in [4.69, 9.17) is 5.73 Å². The van der Waals surface area contributed by atoms with E-state index in [2.05, 4.69) is 15.6 Å². The molecule has 0 radical (unpaired) electrons. The zero-order valence-corrected chi connectivity index (χ0v) is 11.1. The van der Waals surface area contributed by atoms with Crippen molar-refractivity contribution in [3.8, 4) is 0 Å². The number of hydrogen-bond acceptors (Lipinski definition) is 5. The molecule has 1 aliphatic carbocycles. The number of carbonyl (C=O) groups is 1. The highest BCUT2D eigenvalue weighted by Gasteiger charge is 2.27. The van der Waals surface area contributed by atoms with E-state index in [1.165, 1.54) is 4.88 Å². The Balaban J connectivity index is 1.60. The first-order valence-corrected chi connectivity index (χ1v) is 7.32. The van der Waals surface area contributed by atoms with Crippen molar-refractivity contribution in [1.82, 2.24) is 15.6 Å². The number of nitrogens with zero attached hydrogens (tertiary/aromatic N) is 1. The predicted octanol–water partition coefficient (Wildman–Crippen LogP) is 0.451. The van der Waals surface area contributed by atoms with E-state index in [1.54, 1.807) is 11.3 Å². The van der Waals surface area contributed by atoms with Crippen LogP contribution in [0.2, 0.25) is 0 Å². The topological polar surface area (TPSA) is 80.0 Å². The molecule has 5 nitrogen and oxygen atoms in total. The summed E-state index contributed by atoms with van der Waals surface area (Å²) in [6.07, 6.45) is 4.82. The highest BCUT2D eigenvalue weighted by molar-refractivity contribution is 7.15. The molecule has 1 aliphatic heterocycles. The zero-order chi connectivity index (χ0) is 12.5. The molecule has 2 heterocycles. The van der Waals surface area contributed by atoms with Crippen LogP contribution in [0.1, 0.15) is 29.8 Å². The van der Waals surface area contributed by atoms with Crippen molar-refractivity contribution in [2.75, 3.05) is 12.3 Å². The van der Waals surface area contributed by atoms with Crippen LogP contribution in [0, 0.1) is 0 Å². The Kier molecular flexibility index (Phi) is 3.22. The van der Waals surface area contributed by atoms with Gasteiger partial charge in [0.05, 0.1) is 11.7 Å². The molecule has 0 spiro atoms. The Bertz CT molecular complexity index is 453. The van der Waals surface area contributed by atoms with E-state index in [-0.39, 0.29) is 18.0 Å². The molecule has 1 fully saturated rings. The lowest BCUT2D eigenvalue weighted by Gasteiger charge is -2.23. The van der Waals surface area contributed by atoms with E-state index < -0.39 is 0 Å². The molecule has 3 rings (SSSR count). The van der Waals surface area contributed by atoms with Crippen LogP contribution in [0.25, 0.3) is 0 Å². The van der Waals surface area contributed by atoms with Gasteiger partial charge in [-0.15, -0.1) is 11.3 Å². The maximum absolute atomic E-state index is 12.0. The molecule has 4 N–H and O–H groups in total. The van der Waals surface area contributed by atoms with E-state index in [0.29, 0.717) is 5.13 Å². The third kappa shape index (κ3) is 2.35. The van der Waals surface area contributed by atoms with Gasteiger partial charge in [0, 0.05) is 17.3 Å². The number of rotatable bonds is 2. The van der Waals surface area contributed by atoms with Crippen molar-refractivity contribution in [2.24, 2.45) is 0 Å². The first kappa shape index (κ1) is 11.9. The standard InChI is InChI=1S/C12H18N4OS/c13-12-16-8-4-3-7(6-10(8)18-12)15-11(17)9-2-1-5-14-9/h7,9,14H,1-6H2,(H2,13,16)(H,15,17)/t7-,9-/m0/s1. The van der Waals surface area contributed by atoms with Crippen LogP contribution in [0.3, 0.4) is 0 Å². The van der Waals surface area contributed by atoms with E-state index in [9.17, 15) is 4.79 Å². The third-order valence-corrected chi connectivity index (χ3v) is 4.63. The molecule has 18 heavy (non-hydrogen) atoms. The summed E-state index contributed by atoms with van der Waals surface area (Å²) in [5.41, 5.74) is 6.84. The number of anilines is 1. The summed E-state index contributed by atoms with van der Waals surface area (Å²) in [4.78, 5) is 17.6. The first-order valence-electron chi connectivity index (χ1n) is 6.50. The highest BCUT2D eigenvalue weighted by Crippen LogP contribution is 2.28. The van der Waals surface area contributed by atoms with Crippen molar-refractivity contribution >= 4 is 22.4 Å². The largest absolute Gasteiger partial charge is 0.375 e. The van der Waals surface area contributed by atoms with Gasteiger partial charge >= 0.3 is 0 Å². The van der Waals surface area contributed by atoms with Gasteiger partial charge in [-0.3, -0.25) is 4.79 Å². The lowest BCUT2D eigenvalue weighted by Crippen LogP contribution is -2.46. The number of nitrogens with one attached hydrogen (secondary N) is 2. The van der Waals surface area contributed by atoms with Gasteiger partial charge in [-0.05, 0) is 32.2 Å². The summed E-state index contributed by atoms with van der Waals surface area (Å²) in [5.74, 6) is 0.151. The van der Waals surface area contributed by atoms with E-state index in [0.717, 1.165) is 44.3 Å². The SMILES string of the molecule is Nc1nc2c(s1)C[C@@H](NC(=O)[C@@H]1CCCN1)CC2. The molecule has 1 saturated heterocycles. The fourth-order valence-electron chi connectivity index (χ4n) is 2.73. The minimum absolute atomic E-state index is 0.0120. The number of amides is 1. The van der Waals surface area contributed by atoms with Crippen molar-refractivity contribution < 1.29 is 4.79 Å². The van der Waals surface area contributed by atoms with Crippen LogP contribution < -0.4 is 16.4 Å². The Morgan fingerprint density at radius 2 is 2.39 bits per heavy atom. The van der Waals surface area contributed by atoms with Crippen LogP contribution in [0.4, 0.5) is 5.13 Å². The maximum atomic E-state index is 12.0. The quantitative estimate of drug-likeness (QED) is 0.726. The summed E-state index contributed by atoms with van der Waals surface area (Å²) in [5, 5.41) is 7.02. The molecule has 98 valence electrons. The minimum Gasteiger partial charge on any atom is -0.375 e. The molecule has 0 aromatic carbocycles. The number of aromatic nitrogens is 1. The molecule has 2 aliphatic rings. The monoisotopic (exact) mass is 266 g/mol. The normalized spacial score (nSPS) is 26.9. The Morgan fingerprint density at radius 1 is 1.50 bits per heavy atom. The number of carbonyl (C=O) groups excluding carboxylic acids is 1. The average molecular weight is 266 g/mol. The third-order valence-electron chi connectivity index (χ3n) is 3.68. The summed E-state index contributed by atoms with van der Waals surface area (Å²) in [6.45, 7) is 0.957. The lowest BCUT2D eigenvalue weighted by molar-refractivity contribution is -0.123. The molecule has 0 unspecified atom stereocenters.